The van der Waals surface area contributed by atoms with Gasteiger partial charge in [0.2, 0.25) is 0 Å². The first kappa shape index (κ1) is 18.2. The van der Waals surface area contributed by atoms with E-state index < -0.39 is 10.8 Å². The van der Waals surface area contributed by atoms with Crippen LogP contribution in [0.2, 0.25) is 5.02 Å². The first-order chi connectivity index (χ1) is 12.1. The number of carbonyl (C=O) groups excluding carboxylic acids is 1. The molecular weight excluding hydrogens is 360 g/mol. The third-order valence-electron chi connectivity index (χ3n) is 4.33. The Labute approximate surface area is 155 Å². The molecule has 1 amide bonds. The number of furan rings is 1. The normalized spacial score (nSPS) is 16.8. The van der Waals surface area contributed by atoms with Crippen molar-refractivity contribution in [3.05, 3.63) is 52.9 Å². The van der Waals surface area contributed by atoms with Crippen LogP contribution < -0.4 is 0 Å². The quantitative estimate of drug-likeness (QED) is 0.800. The van der Waals surface area contributed by atoms with Crippen LogP contribution in [0.1, 0.15) is 23.2 Å². The van der Waals surface area contributed by atoms with Crippen LogP contribution in [-0.2, 0) is 16.6 Å². The molecule has 0 saturated carbocycles. The average molecular weight is 381 g/mol. The van der Waals surface area contributed by atoms with Gasteiger partial charge in [0.25, 0.3) is 5.91 Å². The average Bonchev–Trinajstić information content (AvgIpc) is 3.10. The molecule has 0 spiro atoms. The largest absolute Gasteiger partial charge is 0.455 e. The molecule has 1 unspecified atom stereocenters. The Morgan fingerprint density at radius 1 is 1.16 bits per heavy atom. The van der Waals surface area contributed by atoms with Crippen LogP contribution in [0, 0.1) is 0 Å². The van der Waals surface area contributed by atoms with Crippen molar-refractivity contribution in [1.29, 1.82) is 0 Å². The third-order valence-corrected chi connectivity index (χ3v) is 6.17. The van der Waals surface area contributed by atoms with Crippen molar-refractivity contribution >= 4 is 28.3 Å². The fourth-order valence-corrected chi connectivity index (χ4v) is 4.31. The molecule has 0 aliphatic carbocycles. The third kappa shape index (κ3) is 4.32. The molecule has 1 aliphatic heterocycles. The Hall–Kier alpha value is -1.63. The number of hydrogen-bond acceptors (Lipinski definition) is 4. The summed E-state index contributed by atoms with van der Waals surface area (Å²) in [5.41, 5.74) is 0. The molecule has 0 radical (unpaired) electrons. The molecule has 1 aliphatic rings. The van der Waals surface area contributed by atoms with E-state index in [9.17, 15) is 9.00 Å². The van der Waals surface area contributed by atoms with Gasteiger partial charge in [0.15, 0.2) is 5.76 Å². The number of nitrogens with zero attached hydrogens (tertiary/aromatic N) is 2. The van der Waals surface area contributed by atoms with Gasteiger partial charge in [0.05, 0.1) is 26.5 Å². The Balaban J connectivity index is 1.63. The van der Waals surface area contributed by atoms with Gasteiger partial charge in [-0.1, -0.05) is 30.7 Å². The predicted molar refractivity (Wildman–Crippen MR) is 98.3 cm³/mol. The second kappa shape index (κ2) is 8.17. The second-order valence-corrected chi connectivity index (χ2v) is 7.74. The summed E-state index contributed by atoms with van der Waals surface area (Å²) in [4.78, 5) is 17.2. The van der Waals surface area contributed by atoms with E-state index in [4.69, 9.17) is 16.0 Å². The number of halogens is 1. The van der Waals surface area contributed by atoms with Crippen molar-refractivity contribution in [1.82, 2.24) is 9.80 Å². The Kier molecular flexibility index (Phi) is 5.93. The first-order valence-corrected chi connectivity index (χ1v) is 10.0. The summed E-state index contributed by atoms with van der Waals surface area (Å²) < 4.78 is 18.1. The van der Waals surface area contributed by atoms with Crippen molar-refractivity contribution in [2.45, 2.75) is 17.6 Å². The van der Waals surface area contributed by atoms with Crippen molar-refractivity contribution in [3.63, 3.8) is 0 Å². The zero-order valence-corrected chi connectivity index (χ0v) is 15.7. The first-order valence-electron chi connectivity index (χ1n) is 8.31. The van der Waals surface area contributed by atoms with Crippen LogP contribution >= 0.6 is 11.6 Å². The lowest BCUT2D eigenvalue weighted by molar-refractivity contribution is 0.0611. The topological polar surface area (TPSA) is 53.8 Å². The Morgan fingerprint density at radius 3 is 2.56 bits per heavy atom. The van der Waals surface area contributed by atoms with E-state index in [0.717, 1.165) is 19.6 Å². The monoisotopic (exact) mass is 380 g/mol. The second-order valence-electron chi connectivity index (χ2n) is 5.91. The van der Waals surface area contributed by atoms with E-state index in [0.29, 0.717) is 34.5 Å². The number of hydrogen-bond donors (Lipinski definition) is 0. The van der Waals surface area contributed by atoms with E-state index in [1.165, 1.54) is 0 Å². The fourth-order valence-electron chi connectivity index (χ4n) is 2.83. The number of piperazine rings is 1. The lowest BCUT2D eigenvalue weighted by Crippen LogP contribution is -2.48. The van der Waals surface area contributed by atoms with Gasteiger partial charge in [-0.15, -0.1) is 0 Å². The van der Waals surface area contributed by atoms with E-state index in [1.807, 2.05) is 0 Å². The van der Waals surface area contributed by atoms with E-state index >= 15 is 0 Å². The number of benzene rings is 1. The maximum atomic E-state index is 12.5. The minimum atomic E-state index is -1.31. The summed E-state index contributed by atoms with van der Waals surface area (Å²) in [5, 5.41) is 0.470. The number of carbonyl (C=O) groups is 1. The predicted octanol–water partition coefficient (Wildman–Crippen LogP) is 3.02. The summed E-state index contributed by atoms with van der Waals surface area (Å²) in [6, 6.07) is 10.4. The van der Waals surface area contributed by atoms with Gasteiger partial charge >= 0.3 is 0 Å². The maximum absolute atomic E-state index is 12.5. The minimum Gasteiger partial charge on any atom is -0.455 e. The van der Waals surface area contributed by atoms with Gasteiger partial charge in [-0.2, -0.15) is 0 Å². The molecule has 5 nitrogen and oxygen atoms in total. The summed E-state index contributed by atoms with van der Waals surface area (Å²) in [6.45, 7) is 6.29. The fraction of sp³-hybridized carbons (Fsp3) is 0.389. The molecule has 134 valence electrons. The zero-order valence-electron chi connectivity index (χ0n) is 14.1. The van der Waals surface area contributed by atoms with Crippen LogP contribution in [-0.4, -0.2) is 52.6 Å². The van der Waals surface area contributed by atoms with E-state index in [1.54, 1.807) is 41.3 Å². The molecule has 1 aromatic carbocycles. The molecule has 0 N–H and O–H groups in total. The van der Waals surface area contributed by atoms with Gasteiger partial charge in [-0.05, 0) is 30.8 Å². The summed E-state index contributed by atoms with van der Waals surface area (Å²) in [5.74, 6) is 0.913. The number of rotatable bonds is 5. The smallest absolute Gasteiger partial charge is 0.289 e. The molecule has 1 aromatic heterocycles. The highest BCUT2D eigenvalue weighted by molar-refractivity contribution is 7.84. The Morgan fingerprint density at radius 2 is 1.88 bits per heavy atom. The van der Waals surface area contributed by atoms with Gasteiger partial charge in [0.1, 0.15) is 5.76 Å². The summed E-state index contributed by atoms with van der Waals surface area (Å²) in [7, 11) is -1.31. The van der Waals surface area contributed by atoms with Crippen LogP contribution in [0.15, 0.2) is 45.7 Å². The zero-order chi connectivity index (χ0) is 17.8. The minimum absolute atomic E-state index is 0.106. The molecule has 2 heterocycles. The van der Waals surface area contributed by atoms with Crippen molar-refractivity contribution in [2.24, 2.45) is 0 Å². The van der Waals surface area contributed by atoms with E-state index in [2.05, 4.69) is 11.8 Å². The maximum Gasteiger partial charge on any atom is 0.289 e. The van der Waals surface area contributed by atoms with Gasteiger partial charge < -0.3 is 14.2 Å². The molecule has 1 fully saturated rings. The van der Waals surface area contributed by atoms with Gasteiger partial charge in [0, 0.05) is 26.2 Å². The van der Waals surface area contributed by atoms with Gasteiger partial charge in [-0.25, -0.2) is 0 Å². The highest BCUT2D eigenvalue weighted by Gasteiger charge is 2.24. The lowest BCUT2D eigenvalue weighted by atomic mass is 10.3. The molecule has 1 saturated heterocycles. The lowest BCUT2D eigenvalue weighted by Gasteiger charge is -2.33. The summed E-state index contributed by atoms with van der Waals surface area (Å²) >= 11 is 6.08. The van der Waals surface area contributed by atoms with Crippen LogP contribution in [0.3, 0.4) is 0 Å². The summed E-state index contributed by atoms with van der Waals surface area (Å²) in [6.07, 6.45) is 0. The van der Waals surface area contributed by atoms with Crippen LogP contribution in [0.25, 0.3) is 0 Å². The van der Waals surface area contributed by atoms with Crippen LogP contribution in [0.4, 0.5) is 0 Å². The molecule has 2 aromatic rings. The number of likely N-dealkylation sites (N-methyl/N-ethyl adjacent to an activating group) is 1. The molecule has 1 atom stereocenters. The standard InChI is InChI=1S/C18H21ClN2O3S/c1-2-20-9-11-21(12-10-20)18(22)16-8-7-14(24-16)13-25(23)17-6-4-3-5-15(17)19/h3-8H,2,9-13H2,1H3. The SMILES string of the molecule is CCN1CCN(C(=O)c2ccc(CS(=O)c3ccccc3Cl)o2)CC1. The highest BCUT2D eigenvalue weighted by Crippen LogP contribution is 2.22. The highest BCUT2D eigenvalue weighted by atomic mass is 35.5. The number of amides is 1. The van der Waals surface area contributed by atoms with Crippen molar-refractivity contribution < 1.29 is 13.4 Å². The molecule has 3 rings (SSSR count). The molecular formula is C18H21ClN2O3S. The molecule has 0 bridgehead atoms. The molecule has 25 heavy (non-hydrogen) atoms. The van der Waals surface area contributed by atoms with Crippen molar-refractivity contribution in [2.75, 3.05) is 32.7 Å². The van der Waals surface area contributed by atoms with Crippen molar-refractivity contribution in [3.8, 4) is 0 Å². The van der Waals surface area contributed by atoms with Crippen LogP contribution in [0.5, 0.6) is 0 Å². The van der Waals surface area contributed by atoms with Gasteiger partial charge in [-0.3, -0.25) is 9.00 Å². The molecule has 7 heteroatoms. The Bertz CT molecular complexity index is 769. The van der Waals surface area contributed by atoms with E-state index in [-0.39, 0.29) is 11.7 Å².